The minimum atomic E-state index is -0.839. The molecule has 0 fully saturated rings. The van der Waals surface area contributed by atoms with Crippen LogP contribution < -0.4 is 10.2 Å². The molecular weight excluding hydrogens is 488 g/mol. The predicted molar refractivity (Wildman–Crippen MR) is 144 cm³/mol. The number of halogens is 1. The molecule has 0 saturated carbocycles. The first-order chi connectivity index (χ1) is 18.0. The van der Waals surface area contributed by atoms with Gasteiger partial charge in [-0.05, 0) is 50.2 Å². The highest BCUT2D eigenvalue weighted by molar-refractivity contribution is 6.30. The van der Waals surface area contributed by atoms with Crippen LogP contribution in [0.15, 0.2) is 90.2 Å². The van der Waals surface area contributed by atoms with Crippen LogP contribution in [0.2, 0.25) is 5.02 Å². The molecule has 2 aromatic heterocycles. The van der Waals surface area contributed by atoms with Gasteiger partial charge in [0.05, 0.1) is 22.9 Å². The van der Waals surface area contributed by atoms with Gasteiger partial charge in [-0.3, -0.25) is 4.79 Å². The number of nitrogens with zero attached hydrogens (tertiary/aromatic N) is 5. The number of aryl methyl sites for hydroxylation is 1. The summed E-state index contributed by atoms with van der Waals surface area (Å²) in [6, 6.07) is 24.6. The van der Waals surface area contributed by atoms with Crippen molar-refractivity contribution in [3.63, 3.8) is 0 Å². The lowest BCUT2D eigenvalue weighted by Gasteiger charge is -2.14. The Morgan fingerprint density at radius 3 is 2.41 bits per heavy atom. The average Bonchev–Trinajstić information content (AvgIpc) is 3.34. The van der Waals surface area contributed by atoms with Crippen LogP contribution in [0.25, 0.3) is 28.0 Å². The molecule has 1 amide bonds. The molecule has 0 aliphatic carbocycles. The molecule has 0 aliphatic rings. The van der Waals surface area contributed by atoms with E-state index in [4.69, 9.17) is 21.4 Å². The van der Waals surface area contributed by atoms with Crippen LogP contribution in [-0.2, 0) is 4.79 Å². The zero-order chi connectivity index (χ0) is 25.8. The number of hydrogen-bond acceptors (Lipinski definition) is 6. The fourth-order valence-electron chi connectivity index (χ4n) is 3.69. The minimum Gasteiger partial charge on any atom is -0.463 e. The maximum Gasteiger partial charge on any atom is 0.280 e. The highest BCUT2D eigenvalue weighted by Gasteiger charge is 2.18. The first-order valence-electron chi connectivity index (χ1n) is 11.6. The standard InChI is InChI=1S/C28H23ClN6O2/c1-18-28(32-25-11-7-6-10-24(25)31-18)37-19(2)27(36)33-30-16-21-17-35(23-8-4-3-5-9-23)34-26(21)20-12-14-22(29)15-13-20/h3-17,19H,1-2H3,(H,33,36). The summed E-state index contributed by atoms with van der Waals surface area (Å²) in [4.78, 5) is 21.7. The van der Waals surface area contributed by atoms with Gasteiger partial charge in [0.1, 0.15) is 11.4 Å². The molecule has 0 saturated heterocycles. The van der Waals surface area contributed by atoms with Gasteiger partial charge in [0, 0.05) is 22.3 Å². The van der Waals surface area contributed by atoms with Gasteiger partial charge in [-0.1, -0.05) is 54.1 Å². The highest BCUT2D eigenvalue weighted by Crippen LogP contribution is 2.24. The number of benzene rings is 3. The number of rotatable bonds is 7. The summed E-state index contributed by atoms with van der Waals surface area (Å²) < 4.78 is 7.56. The number of amides is 1. The van der Waals surface area contributed by atoms with Crippen LogP contribution >= 0.6 is 11.6 Å². The third-order valence-corrected chi connectivity index (χ3v) is 5.87. The summed E-state index contributed by atoms with van der Waals surface area (Å²) in [6.45, 7) is 3.42. The molecule has 9 heteroatoms. The highest BCUT2D eigenvalue weighted by atomic mass is 35.5. The second-order valence-corrected chi connectivity index (χ2v) is 8.75. The largest absolute Gasteiger partial charge is 0.463 e. The fourth-order valence-corrected chi connectivity index (χ4v) is 3.81. The summed E-state index contributed by atoms with van der Waals surface area (Å²) in [5.74, 6) is -0.117. The summed E-state index contributed by atoms with van der Waals surface area (Å²) in [5.41, 5.74) is 7.79. The van der Waals surface area contributed by atoms with Crippen molar-refractivity contribution in [1.82, 2.24) is 25.2 Å². The Bertz CT molecular complexity index is 1580. The van der Waals surface area contributed by atoms with E-state index in [1.807, 2.05) is 72.9 Å². The molecule has 184 valence electrons. The maximum atomic E-state index is 12.7. The Labute approximate surface area is 218 Å². The van der Waals surface area contributed by atoms with E-state index in [0.29, 0.717) is 27.8 Å². The molecule has 0 aliphatic heterocycles. The topological polar surface area (TPSA) is 94.3 Å². The summed E-state index contributed by atoms with van der Waals surface area (Å²) in [7, 11) is 0. The van der Waals surface area contributed by atoms with Crippen molar-refractivity contribution in [2.24, 2.45) is 5.10 Å². The number of hydrogen-bond donors (Lipinski definition) is 1. The first-order valence-corrected chi connectivity index (χ1v) is 12.0. The van der Waals surface area contributed by atoms with Crippen LogP contribution in [0.5, 0.6) is 5.88 Å². The Morgan fingerprint density at radius 1 is 1.00 bits per heavy atom. The Hall–Kier alpha value is -4.56. The zero-order valence-corrected chi connectivity index (χ0v) is 20.9. The van der Waals surface area contributed by atoms with E-state index >= 15 is 0 Å². The van der Waals surface area contributed by atoms with Gasteiger partial charge < -0.3 is 4.74 Å². The van der Waals surface area contributed by atoms with Crippen LogP contribution in [0.3, 0.4) is 0 Å². The average molecular weight is 511 g/mol. The normalized spacial score (nSPS) is 12.1. The number of carbonyl (C=O) groups is 1. The van der Waals surface area contributed by atoms with Crippen molar-refractivity contribution in [3.05, 3.63) is 101 Å². The zero-order valence-electron chi connectivity index (χ0n) is 20.2. The van der Waals surface area contributed by atoms with Crippen LogP contribution in [-0.4, -0.2) is 38.0 Å². The lowest BCUT2D eigenvalue weighted by atomic mass is 10.1. The number of ether oxygens (including phenoxy) is 1. The van der Waals surface area contributed by atoms with Gasteiger partial charge in [-0.25, -0.2) is 20.1 Å². The van der Waals surface area contributed by atoms with E-state index in [0.717, 1.165) is 22.3 Å². The second-order valence-electron chi connectivity index (χ2n) is 8.32. The Kier molecular flexibility index (Phi) is 6.91. The van der Waals surface area contributed by atoms with E-state index < -0.39 is 12.0 Å². The third kappa shape index (κ3) is 5.49. The number of para-hydroxylation sites is 3. The Morgan fingerprint density at radius 2 is 1.68 bits per heavy atom. The number of aromatic nitrogens is 4. The minimum absolute atomic E-state index is 0.305. The van der Waals surface area contributed by atoms with E-state index in [-0.39, 0.29) is 0 Å². The van der Waals surface area contributed by atoms with Gasteiger partial charge in [0.15, 0.2) is 6.10 Å². The molecule has 3 aromatic carbocycles. The molecule has 1 N–H and O–H groups in total. The lowest BCUT2D eigenvalue weighted by molar-refractivity contribution is -0.127. The fraction of sp³-hybridized carbons (Fsp3) is 0.107. The number of carbonyl (C=O) groups excluding carboxylic acids is 1. The Balaban J connectivity index is 1.33. The van der Waals surface area contributed by atoms with Crippen LogP contribution in [0.1, 0.15) is 18.2 Å². The van der Waals surface area contributed by atoms with Gasteiger partial charge in [0.2, 0.25) is 5.88 Å². The van der Waals surface area contributed by atoms with Crippen molar-refractivity contribution in [2.75, 3.05) is 0 Å². The molecule has 1 unspecified atom stereocenters. The molecule has 5 rings (SSSR count). The van der Waals surface area contributed by atoms with Gasteiger partial charge in [-0.15, -0.1) is 0 Å². The molecular formula is C28H23ClN6O2. The van der Waals surface area contributed by atoms with Crippen LogP contribution in [0, 0.1) is 6.92 Å². The quantitative estimate of drug-likeness (QED) is 0.235. The van der Waals surface area contributed by atoms with E-state index in [1.165, 1.54) is 0 Å². The molecule has 37 heavy (non-hydrogen) atoms. The van der Waals surface area contributed by atoms with Crippen molar-refractivity contribution in [2.45, 2.75) is 20.0 Å². The molecule has 0 spiro atoms. The first kappa shape index (κ1) is 24.1. The second kappa shape index (κ2) is 10.6. The molecule has 2 heterocycles. The van der Waals surface area contributed by atoms with Gasteiger partial charge in [-0.2, -0.15) is 10.2 Å². The summed E-state index contributed by atoms with van der Waals surface area (Å²) in [6.07, 6.45) is 2.57. The van der Waals surface area contributed by atoms with Gasteiger partial charge in [0.25, 0.3) is 5.91 Å². The van der Waals surface area contributed by atoms with Crippen LogP contribution in [0.4, 0.5) is 0 Å². The van der Waals surface area contributed by atoms with Crippen molar-refractivity contribution >= 4 is 34.8 Å². The van der Waals surface area contributed by atoms with Gasteiger partial charge >= 0.3 is 0 Å². The third-order valence-electron chi connectivity index (χ3n) is 5.62. The van der Waals surface area contributed by atoms with Crippen molar-refractivity contribution in [1.29, 1.82) is 0 Å². The maximum absolute atomic E-state index is 12.7. The van der Waals surface area contributed by atoms with E-state index in [9.17, 15) is 4.79 Å². The van der Waals surface area contributed by atoms with Crippen molar-refractivity contribution < 1.29 is 9.53 Å². The number of nitrogens with one attached hydrogen (secondary N) is 1. The number of hydrazone groups is 1. The SMILES string of the molecule is Cc1nc2ccccc2nc1OC(C)C(=O)NN=Cc1cn(-c2ccccc2)nc1-c1ccc(Cl)cc1. The van der Waals surface area contributed by atoms with E-state index in [1.54, 1.807) is 36.9 Å². The molecule has 8 nitrogen and oxygen atoms in total. The molecule has 1 atom stereocenters. The monoisotopic (exact) mass is 510 g/mol. The van der Waals surface area contributed by atoms with Crippen molar-refractivity contribution in [3.8, 4) is 22.8 Å². The summed E-state index contributed by atoms with van der Waals surface area (Å²) >= 11 is 6.06. The smallest absolute Gasteiger partial charge is 0.280 e. The molecule has 0 bridgehead atoms. The lowest BCUT2D eigenvalue weighted by Crippen LogP contribution is -2.33. The molecule has 5 aromatic rings. The number of fused-ring (bicyclic) bond motifs is 1. The predicted octanol–water partition coefficient (Wildman–Crippen LogP) is 5.36. The summed E-state index contributed by atoms with van der Waals surface area (Å²) in [5, 5.41) is 9.53. The van der Waals surface area contributed by atoms with E-state index in [2.05, 4.69) is 20.5 Å². The molecule has 0 radical (unpaired) electrons.